The third kappa shape index (κ3) is 6.67. The summed E-state index contributed by atoms with van der Waals surface area (Å²) in [5.74, 6) is -1.19. The Kier molecular flexibility index (Phi) is 7.60. The zero-order valence-corrected chi connectivity index (χ0v) is 17.5. The van der Waals surface area contributed by atoms with E-state index in [-0.39, 0.29) is 29.8 Å². The molecule has 1 heterocycles. The Morgan fingerprint density at radius 1 is 1.23 bits per heavy atom. The van der Waals surface area contributed by atoms with Gasteiger partial charge in [0.15, 0.2) is 0 Å². The largest absolute Gasteiger partial charge is 0.496 e. The summed E-state index contributed by atoms with van der Waals surface area (Å²) in [5.41, 5.74) is 1.09. The van der Waals surface area contributed by atoms with Gasteiger partial charge in [0.25, 0.3) is 0 Å². The number of carbonyl (C=O) groups is 1. The molecule has 0 spiro atoms. The zero-order chi connectivity index (χ0) is 23.2. The Bertz CT molecular complexity index is 1070. The van der Waals surface area contributed by atoms with Crippen LogP contribution >= 0.6 is 0 Å². The number of ether oxygens (including phenoxy) is 1. The number of nitrogens with zero attached hydrogens (tertiary/aromatic N) is 2. The second-order valence-corrected chi connectivity index (χ2v) is 8.40. The summed E-state index contributed by atoms with van der Waals surface area (Å²) >= 11 is 0. The maximum absolute atomic E-state index is 13.4. The molecule has 0 amide bonds. The number of aromatic nitrogens is 2. The molecule has 2 aromatic rings. The number of allylic oxidation sites excluding steroid dienone is 1. The molecule has 8 nitrogen and oxygen atoms in total. The highest BCUT2D eigenvalue weighted by Crippen LogP contribution is 2.34. The summed E-state index contributed by atoms with van der Waals surface area (Å²) < 4.78 is 70.4. The van der Waals surface area contributed by atoms with Crippen molar-refractivity contribution >= 4 is 15.8 Å². The topological polar surface area (TPSA) is 107 Å². The smallest absolute Gasteiger partial charge is 0.433 e. The van der Waals surface area contributed by atoms with Crippen LogP contribution in [0.2, 0.25) is 0 Å². The minimum atomic E-state index is -4.90. The number of rotatable bonds is 9. The van der Waals surface area contributed by atoms with Crippen LogP contribution in [0.4, 0.5) is 13.2 Å². The predicted octanol–water partition coefficient (Wildman–Crippen LogP) is 3.31. The molecule has 0 aliphatic heterocycles. The number of hydrogen-bond acceptors (Lipinski definition) is 8. The summed E-state index contributed by atoms with van der Waals surface area (Å²) in [6.45, 7) is 5.00. The van der Waals surface area contributed by atoms with Crippen molar-refractivity contribution in [3.8, 4) is 17.0 Å². The second kappa shape index (κ2) is 9.77. The Morgan fingerprint density at radius 2 is 1.90 bits per heavy atom. The van der Waals surface area contributed by atoms with E-state index in [1.165, 1.54) is 19.2 Å². The molecular formula is C19H20F3N3O5S. The maximum atomic E-state index is 13.4. The molecule has 0 saturated heterocycles. The van der Waals surface area contributed by atoms with Gasteiger partial charge >= 0.3 is 12.1 Å². The van der Waals surface area contributed by atoms with Crippen molar-refractivity contribution in [1.29, 1.82) is 0 Å². The van der Waals surface area contributed by atoms with Crippen molar-refractivity contribution in [2.24, 2.45) is 0 Å². The molecule has 0 saturated carbocycles. The SMILES string of the molecule is C=C(C)NOC(=O)CCCS(=O)(=O)c1nc(-c2ccccc2OC)cc(C(F)(F)F)n1. The monoisotopic (exact) mass is 459 g/mol. The number of hydroxylamine groups is 1. The van der Waals surface area contributed by atoms with E-state index >= 15 is 0 Å². The molecule has 2 rings (SSSR count). The van der Waals surface area contributed by atoms with Gasteiger partial charge in [-0.3, -0.25) is 0 Å². The average molecular weight is 459 g/mol. The van der Waals surface area contributed by atoms with Crippen LogP contribution in [0.1, 0.15) is 25.5 Å². The van der Waals surface area contributed by atoms with E-state index in [2.05, 4.69) is 26.9 Å². The molecule has 0 fully saturated rings. The Labute approximate surface area is 177 Å². The van der Waals surface area contributed by atoms with Crippen molar-refractivity contribution in [3.63, 3.8) is 0 Å². The van der Waals surface area contributed by atoms with Gasteiger partial charge in [0.2, 0.25) is 15.0 Å². The van der Waals surface area contributed by atoms with Crippen LogP contribution in [0, 0.1) is 0 Å². The molecule has 0 bridgehead atoms. The summed E-state index contributed by atoms with van der Waals surface area (Å²) in [6.07, 6.45) is -5.40. The van der Waals surface area contributed by atoms with E-state index in [0.717, 1.165) is 0 Å². The van der Waals surface area contributed by atoms with Gasteiger partial charge in [-0.2, -0.15) is 13.2 Å². The van der Waals surface area contributed by atoms with Gasteiger partial charge in [-0.25, -0.2) is 28.7 Å². The van der Waals surface area contributed by atoms with E-state index in [0.29, 0.717) is 11.8 Å². The first kappa shape index (κ1) is 24.1. The van der Waals surface area contributed by atoms with Gasteiger partial charge < -0.3 is 9.57 Å². The lowest BCUT2D eigenvalue weighted by Crippen LogP contribution is -2.19. The number of sulfone groups is 1. The number of benzene rings is 1. The number of hydrogen-bond donors (Lipinski definition) is 1. The molecule has 168 valence electrons. The minimum absolute atomic E-state index is 0.170. The molecule has 31 heavy (non-hydrogen) atoms. The molecule has 0 aliphatic rings. The Balaban J connectivity index is 2.34. The first-order chi connectivity index (χ1) is 14.4. The number of alkyl halides is 3. The zero-order valence-electron chi connectivity index (χ0n) is 16.7. The summed E-state index contributed by atoms with van der Waals surface area (Å²) in [4.78, 5) is 23.2. The molecular weight excluding hydrogens is 439 g/mol. The Morgan fingerprint density at radius 3 is 2.52 bits per heavy atom. The van der Waals surface area contributed by atoms with Gasteiger partial charge in [-0.05, 0) is 31.5 Å². The van der Waals surface area contributed by atoms with Crippen LogP contribution < -0.4 is 10.2 Å². The van der Waals surface area contributed by atoms with E-state index in [1.54, 1.807) is 19.1 Å². The van der Waals surface area contributed by atoms with Gasteiger partial charge in [-0.15, -0.1) is 0 Å². The lowest BCUT2D eigenvalue weighted by atomic mass is 10.1. The fraction of sp³-hybridized carbons (Fsp3) is 0.316. The van der Waals surface area contributed by atoms with E-state index < -0.39 is 38.6 Å². The molecule has 0 radical (unpaired) electrons. The van der Waals surface area contributed by atoms with Crippen LogP contribution in [0.15, 0.2) is 47.8 Å². The van der Waals surface area contributed by atoms with Gasteiger partial charge in [-0.1, -0.05) is 18.7 Å². The molecule has 0 aliphatic carbocycles. The molecule has 1 aromatic carbocycles. The Hall–Kier alpha value is -3.15. The number of para-hydroxylation sites is 1. The van der Waals surface area contributed by atoms with Crippen molar-refractivity contribution in [2.75, 3.05) is 12.9 Å². The fourth-order valence-electron chi connectivity index (χ4n) is 2.40. The van der Waals surface area contributed by atoms with Crippen molar-refractivity contribution in [2.45, 2.75) is 31.1 Å². The number of carbonyl (C=O) groups excluding carboxylic acids is 1. The van der Waals surface area contributed by atoms with E-state index in [4.69, 9.17) is 4.74 Å². The van der Waals surface area contributed by atoms with Crippen LogP contribution in [-0.4, -0.2) is 37.2 Å². The highest BCUT2D eigenvalue weighted by Gasteiger charge is 2.35. The standard InChI is InChI=1S/C19H20F3N3O5S/c1-12(2)25-30-17(26)9-6-10-31(27,28)18-23-14(11-16(24-18)19(20,21)22)13-7-4-5-8-15(13)29-3/h4-5,7-8,11,25H,1,6,9-10H2,2-3H3. The first-order valence-electron chi connectivity index (χ1n) is 8.87. The van der Waals surface area contributed by atoms with Crippen molar-refractivity contribution in [3.05, 3.63) is 48.3 Å². The van der Waals surface area contributed by atoms with Crippen LogP contribution in [-0.2, 0) is 25.6 Å². The molecule has 1 aromatic heterocycles. The first-order valence-corrected chi connectivity index (χ1v) is 10.5. The highest BCUT2D eigenvalue weighted by molar-refractivity contribution is 7.91. The third-order valence-corrected chi connectivity index (χ3v) is 5.36. The third-order valence-electron chi connectivity index (χ3n) is 3.79. The highest BCUT2D eigenvalue weighted by atomic mass is 32.2. The minimum Gasteiger partial charge on any atom is -0.496 e. The van der Waals surface area contributed by atoms with Gasteiger partial charge in [0.1, 0.15) is 11.4 Å². The van der Waals surface area contributed by atoms with E-state index in [1.807, 2.05) is 0 Å². The van der Waals surface area contributed by atoms with Crippen LogP contribution in [0.5, 0.6) is 5.75 Å². The lowest BCUT2D eigenvalue weighted by molar-refractivity contribution is -0.149. The average Bonchev–Trinajstić information content (AvgIpc) is 2.71. The summed E-state index contributed by atoms with van der Waals surface area (Å²) in [5, 5.41) is -0.989. The number of halogens is 3. The van der Waals surface area contributed by atoms with Crippen LogP contribution in [0.3, 0.4) is 0 Å². The molecule has 12 heteroatoms. The second-order valence-electron chi connectivity index (χ2n) is 6.40. The number of methoxy groups -OCH3 is 1. The maximum Gasteiger partial charge on any atom is 0.433 e. The van der Waals surface area contributed by atoms with Crippen molar-refractivity contribution in [1.82, 2.24) is 15.4 Å². The van der Waals surface area contributed by atoms with Crippen molar-refractivity contribution < 1.29 is 36.0 Å². The summed E-state index contributed by atoms with van der Waals surface area (Å²) in [6, 6.07) is 6.75. The predicted molar refractivity (Wildman–Crippen MR) is 104 cm³/mol. The van der Waals surface area contributed by atoms with Crippen LogP contribution in [0.25, 0.3) is 11.3 Å². The van der Waals surface area contributed by atoms with Gasteiger partial charge in [0.05, 0.1) is 18.6 Å². The fourth-order valence-corrected chi connectivity index (χ4v) is 3.58. The van der Waals surface area contributed by atoms with Gasteiger partial charge in [0, 0.05) is 17.7 Å². The summed E-state index contributed by atoms with van der Waals surface area (Å²) in [7, 11) is -3.01. The van der Waals surface area contributed by atoms with E-state index in [9.17, 15) is 26.4 Å². The lowest BCUT2D eigenvalue weighted by Gasteiger charge is -2.13. The molecule has 0 unspecified atom stereocenters. The normalized spacial score (nSPS) is 11.6. The quantitative estimate of drug-likeness (QED) is 0.450. The number of nitrogens with one attached hydrogen (secondary N) is 1. The molecule has 1 N–H and O–H groups in total. The molecule has 0 atom stereocenters.